The number of hydrogen-bond acceptors (Lipinski definition) is 3. The SMILES string of the molecule is CCCCc1ccc(C(=O)N(CC(=O)N(Cc2ccccc2)Cc2cccs2)C2CC2)cc1. The third-order valence-corrected chi connectivity index (χ3v) is 6.93. The largest absolute Gasteiger partial charge is 0.332 e. The Kier molecular flexibility index (Phi) is 7.95. The van der Waals surface area contributed by atoms with E-state index in [0.717, 1.165) is 42.5 Å². The predicted molar refractivity (Wildman–Crippen MR) is 134 cm³/mol. The van der Waals surface area contributed by atoms with Gasteiger partial charge in [-0.15, -0.1) is 11.3 Å². The summed E-state index contributed by atoms with van der Waals surface area (Å²) >= 11 is 1.65. The van der Waals surface area contributed by atoms with Crippen LogP contribution in [-0.4, -0.2) is 34.2 Å². The summed E-state index contributed by atoms with van der Waals surface area (Å²) in [6.45, 7) is 3.40. The number of benzene rings is 2. The molecule has 1 saturated carbocycles. The van der Waals surface area contributed by atoms with E-state index in [2.05, 4.69) is 13.0 Å². The fourth-order valence-corrected chi connectivity index (χ4v) is 4.71. The standard InChI is InChI=1S/C28H32N2O2S/c1-2-3-8-22-12-14-24(15-13-22)28(32)30(25-16-17-25)21-27(31)29(20-26-11-7-18-33-26)19-23-9-5-4-6-10-23/h4-7,9-15,18,25H,2-3,8,16-17,19-21H2,1H3. The van der Waals surface area contributed by atoms with Gasteiger partial charge in [0.1, 0.15) is 6.54 Å². The fourth-order valence-electron chi connectivity index (χ4n) is 3.99. The number of rotatable bonds is 11. The van der Waals surface area contributed by atoms with Crippen molar-refractivity contribution in [2.45, 2.75) is 58.2 Å². The van der Waals surface area contributed by atoms with E-state index in [1.807, 2.05) is 70.9 Å². The summed E-state index contributed by atoms with van der Waals surface area (Å²) in [7, 11) is 0. The summed E-state index contributed by atoms with van der Waals surface area (Å²) in [6, 6.07) is 22.2. The van der Waals surface area contributed by atoms with Gasteiger partial charge in [-0.05, 0) is 60.4 Å². The number of carbonyl (C=O) groups excluding carboxylic acids is 2. The molecule has 4 rings (SSSR count). The highest BCUT2D eigenvalue weighted by Crippen LogP contribution is 2.29. The number of aryl methyl sites for hydroxylation is 1. The quantitative estimate of drug-likeness (QED) is 0.356. The smallest absolute Gasteiger partial charge is 0.254 e. The number of carbonyl (C=O) groups is 2. The first kappa shape index (κ1) is 23.2. The average molecular weight is 461 g/mol. The van der Waals surface area contributed by atoms with Gasteiger partial charge in [-0.25, -0.2) is 0 Å². The Morgan fingerprint density at radius 1 is 0.909 bits per heavy atom. The van der Waals surface area contributed by atoms with Gasteiger partial charge in [-0.2, -0.15) is 0 Å². The van der Waals surface area contributed by atoms with Crippen molar-refractivity contribution in [1.82, 2.24) is 9.80 Å². The van der Waals surface area contributed by atoms with Crippen molar-refractivity contribution < 1.29 is 9.59 Å². The number of amides is 2. The second-order valence-corrected chi connectivity index (χ2v) is 9.81. The molecular formula is C28H32N2O2S. The number of thiophene rings is 1. The van der Waals surface area contributed by atoms with Gasteiger partial charge in [0.2, 0.25) is 5.91 Å². The molecule has 1 aromatic heterocycles. The molecule has 4 nitrogen and oxygen atoms in total. The van der Waals surface area contributed by atoms with Crippen LogP contribution in [-0.2, 0) is 24.3 Å². The Morgan fingerprint density at radius 2 is 1.67 bits per heavy atom. The lowest BCUT2D eigenvalue weighted by atomic mass is 10.1. The molecule has 2 amide bonds. The molecule has 33 heavy (non-hydrogen) atoms. The molecule has 0 N–H and O–H groups in total. The molecule has 0 unspecified atom stereocenters. The van der Waals surface area contributed by atoms with Crippen LogP contribution in [0.15, 0.2) is 72.1 Å². The van der Waals surface area contributed by atoms with Gasteiger partial charge in [0.15, 0.2) is 0 Å². The highest BCUT2D eigenvalue weighted by Gasteiger charge is 2.35. The maximum atomic E-state index is 13.5. The van der Waals surface area contributed by atoms with E-state index >= 15 is 0 Å². The van der Waals surface area contributed by atoms with Crippen LogP contribution in [0.25, 0.3) is 0 Å². The number of unbranched alkanes of at least 4 members (excludes halogenated alkanes) is 1. The molecule has 1 heterocycles. The van der Waals surface area contributed by atoms with Gasteiger partial charge >= 0.3 is 0 Å². The van der Waals surface area contributed by atoms with Crippen molar-refractivity contribution in [3.05, 3.63) is 93.7 Å². The lowest BCUT2D eigenvalue weighted by molar-refractivity contribution is -0.133. The summed E-state index contributed by atoms with van der Waals surface area (Å²) in [6.07, 6.45) is 5.28. The zero-order valence-electron chi connectivity index (χ0n) is 19.3. The third kappa shape index (κ3) is 6.55. The topological polar surface area (TPSA) is 40.6 Å². The molecule has 172 valence electrons. The Hall–Kier alpha value is -2.92. The van der Waals surface area contributed by atoms with Crippen LogP contribution in [0.2, 0.25) is 0 Å². The predicted octanol–water partition coefficient (Wildman–Crippen LogP) is 5.92. The minimum absolute atomic E-state index is 0.00734. The summed E-state index contributed by atoms with van der Waals surface area (Å²) < 4.78 is 0. The summed E-state index contributed by atoms with van der Waals surface area (Å²) in [5.74, 6) is -0.0456. The number of nitrogens with zero attached hydrogens (tertiary/aromatic N) is 2. The monoisotopic (exact) mass is 460 g/mol. The van der Waals surface area contributed by atoms with Crippen molar-refractivity contribution in [2.24, 2.45) is 0 Å². The van der Waals surface area contributed by atoms with Crippen molar-refractivity contribution in [1.29, 1.82) is 0 Å². The van der Waals surface area contributed by atoms with Crippen molar-refractivity contribution in [3.8, 4) is 0 Å². The minimum Gasteiger partial charge on any atom is -0.332 e. The van der Waals surface area contributed by atoms with Crippen molar-refractivity contribution >= 4 is 23.2 Å². The maximum absolute atomic E-state index is 13.5. The van der Waals surface area contributed by atoms with Crippen LogP contribution >= 0.6 is 11.3 Å². The second kappa shape index (κ2) is 11.3. The Balaban J connectivity index is 1.47. The molecule has 3 aromatic rings. The van der Waals surface area contributed by atoms with E-state index in [0.29, 0.717) is 18.7 Å². The summed E-state index contributed by atoms with van der Waals surface area (Å²) in [5, 5.41) is 2.03. The summed E-state index contributed by atoms with van der Waals surface area (Å²) in [5.41, 5.74) is 3.02. The van der Waals surface area contributed by atoms with Gasteiger partial charge in [-0.1, -0.05) is 61.9 Å². The van der Waals surface area contributed by atoms with E-state index in [1.165, 1.54) is 5.56 Å². The second-order valence-electron chi connectivity index (χ2n) is 8.78. The Labute approximate surface area is 200 Å². The fraction of sp³-hybridized carbons (Fsp3) is 0.357. The Morgan fingerprint density at radius 3 is 2.30 bits per heavy atom. The molecule has 5 heteroatoms. The van der Waals surface area contributed by atoms with Gasteiger partial charge in [0, 0.05) is 23.0 Å². The van der Waals surface area contributed by atoms with Crippen LogP contribution in [0.3, 0.4) is 0 Å². The van der Waals surface area contributed by atoms with E-state index < -0.39 is 0 Å². The maximum Gasteiger partial charge on any atom is 0.254 e. The van der Waals surface area contributed by atoms with Crippen LogP contribution in [0.1, 0.15) is 59.0 Å². The molecule has 2 aromatic carbocycles. The molecular weight excluding hydrogens is 428 g/mol. The lowest BCUT2D eigenvalue weighted by Crippen LogP contribution is -2.43. The van der Waals surface area contributed by atoms with Gasteiger partial charge < -0.3 is 9.80 Å². The first-order chi connectivity index (χ1) is 16.1. The molecule has 0 radical (unpaired) electrons. The third-order valence-electron chi connectivity index (χ3n) is 6.07. The van der Waals surface area contributed by atoms with Crippen LogP contribution < -0.4 is 0 Å². The molecule has 1 aliphatic rings. The average Bonchev–Trinajstić information content (AvgIpc) is 3.56. The molecule has 1 fully saturated rings. The first-order valence-corrected chi connectivity index (χ1v) is 12.8. The Bertz CT molecular complexity index is 1030. The summed E-state index contributed by atoms with van der Waals surface area (Å²) in [4.78, 5) is 31.6. The lowest BCUT2D eigenvalue weighted by Gasteiger charge is -2.28. The van der Waals surface area contributed by atoms with Crippen molar-refractivity contribution in [2.75, 3.05) is 6.54 Å². The van der Waals surface area contributed by atoms with Gasteiger partial charge in [0.25, 0.3) is 5.91 Å². The zero-order chi connectivity index (χ0) is 23.0. The van der Waals surface area contributed by atoms with Crippen LogP contribution in [0.5, 0.6) is 0 Å². The zero-order valence-corrected chi connectivity index (χ0v) is 20.1. The molecule has 1 aliphatic carbocycles. The van der Waals surface area contributed by atoms with E-state index in [-0.39, 0.29) is 24.4 Å². The number of hydrogen-bond donors (Lipinski definition) is 0. The highest BCUT2D eigenvalue weighted by atomic mass is 32.1. The van der Waals surface area contributed by atoms with Crippen molar-refractivity contribution in [3.63, 3.8) is 0 Å². The first-order valence-electron chi connectivity index (χ1n) is 11.9. The van der Waals surface area contributed by atoms with E-state index in [9.17, 15) is 9.59 Å². The molecule has 0 atom stereocenters. The minimum atomic E-state index is -0.0383. The highest BCUT2D eigenvalue weighted by molar-refractivity contribution is 7.09. The molecule has 0 aliphatic heterocycles. The van der Waals surface area contributed by atoms with E-state index in [1.54, 1.807) is 16.2 Å². The normalized spacial score (nSPS) is 13.0. The van der Waals surface area contributed by atoms with Crippen LogP contribution in [0.4, 0.5) is 0 Å². The van der Waals surface area contributed by atoms with E-state index in [4.69, 9.17) is 0 Å². The van der Waals surface area contributed by atoms with Gasteiger partial charge in [-0.3, -0.25) is 9.59 Å². The van der Waals surface area contributed by atoms with Gasteiger partial charge in [0.05, 0.1) is 6.54 Å². The van der Waals surface area contributed by atoms with Crippen LogP contribution in [0, 0.1) is 0 Å². The molecule has 0 spiro atoms. The molecule has 0 bridgehead atoms. The molecule has 0 saturated heterocycles.